The summed E-state index contributed by atoms with van der Waals surface area (Å²) in [6.07, 6.45) is 0. The first kappa shape index (κ1) is 54.9. The number of hydrogen-bond acceptors (Lipinski definition) is 5. The van der Waals surface area contributed by atoms with Crippen LogP contribution in [-0.2, 0) is 18.4 Å². The number of anilines is 3. The van der Waals surface area contributed by atoms with Gasteiger partial charge >= 0.3 is 0 Å². The average Bonchev–Trinajstić information content (AvgIpc) is 4.06. The van der Waals surface area contributed by atoms with Gasteiger partial charge in [-0.25, -0.2) is 58.9 Å². The van der Waals surface area contributed by atoms with Gasteiger partial charge in [-0.05, 0) is 143 Å². The normalized spacial score (nSPS) is 10.7. The first-order valence-corrected chi connectivity index (χ1v) is 23.8. The van der Waals surface area contributed by atoms with E-state index in [0.717, 1.165) is 81.7 Å². The molecule has 75 heavy (non-hydrogen) atoms. The fraction of sp³-hybridized carbons (Fsp3) is 0.0556. The van der Waals surface area contributed by atoms with Gasteiger partial charge in [-0.1, -0.05) is 70.5 Å². The van der Waals surface area contributed by atoms with E-state index in [0.29, 0.717) is 50.7 Å². The van der Waals surface area contributed by atoms with Crippen molar-refractivity contribution in [1.82, 2.24) is 29.1 Å². The highest BCUT2D eigenvalue weighted by Gasteiger charge is 2.15. The topological polar surface area (TPSA) is 102 Å². The lowest BCUT2D eigenvalue weighted by Crippen LogP contribution is -2.06. The van der Waals surface area contributed by atoms with E-state index in [2.05, 4.69) is 41.2 Å². The first-order valence-electron chi connectivity index (χ1n) is 21.9. The SMILES string of the molecule is Clc1nc2ccccc2[nH]1.Fc1ccc(CBr)cc1F.Fc1ccc(Cn2c(Cl)nc3ccccc32)cc1F.Fc1ccc(Cn2c(Nc3ccc(F)c(F)c3)nc3ccccc32)cc1F.Nc1ccc(F)c(F)c1. The second kappa shape index (κ2) is 25.4. The third kappa shape index (κ3) is 14.7. The number of benzene rings is 8. The predicted molar refractivity (Wildman–Crippen MR) is 276 cm³/mol. The van der Waals surface area contributed by atoms with E-state index < -0.39 is 58.2 Å². The third-order valence-corrected chi connectivity index (χ3v) is 11.6. The lowest BCUT2D eigenvalue weighted by Gasteiger charge is -2.11. The molecule has 0 aliphatic heterocycles. The Labute approximate surface area is 439 Å². The van der Waals surface area contributed by atoms with E-state index in [-0.39, 0.29) is 12.2 Å². The zero-order chi connectivity index (χ0) is 53.8. The fourth-order valence-electron chi connectivity index (χ4n) is 6.93. The summed E-state index contributed by atoms with van der Waals surface area (Å²) in [7, 11) is 0. The van der Waals surface area contributed by atoms with Crippen LogP contribution in [0.1, 0.15) is 16.7 Å². The molecular formula is C54H37BrCl2F10N8. The second-order valence-corrected chi connectivity index (χ2v) is 17.1. The van der Waals surface area contributed by atoms with Crippen LogP contribution >= 0.6 is 39.1 Å². The average molecular weight is 1140 g/mol. The molecule has 3 aromatic heterocycles. The Morgan fingerprint density at radius 2 is 0.893 bits per heavy atom. The number of alkyl halides is 1. The molecule has 11 aromatic rings. The Morgan fingerprint density at radius 1 is 0.453 bits per heavy atom. The zero-order valence-corrected chi connectivity index (χ0v) is 41.5. The Hall–Kier alpha value is -7.87. The third-order valence-electron chi connectivity index (χ3n) is 10.5. The van der Waals surface area contributed by atoms with E-state index in [9.17, 15) is 43.9 Å². The Kier molecular flexibility index (Phi) is 18.6. The van der Waals surface area contributed by atoms with Gasteiger partial charge < -0.3 is 25.2 Å². The first-order chi connectivity index (χ1) is 36.0. The van der Waals surface area contributed by atoms with Crippen molar-refractivity contribution in [2.45, 2.75) is 18.4 Å². The molecule has 0 radical (unpaired) electrons. The molecule has 0 spiro atoms. The maximum Gasteiger partial charge on any atom is 0.208 e. The summed E-state index contributed by atoms with van der Waals surface area (Å²) < 4.78 is 132. The van der Waals surface area contributed by atoms with E-state index >= 15 is 0 Å². The van der Waals surface area contributed by atoms with E-state index in [1.165, 1.54) is 42.5 Å². The van der Waals surface area contributed by atoms with Gasteiger partial charge in [-0.2, -0.15) is 0 Å². The number of rotatable bonds is 7. The van der Waals surface area contributed by atoms with E-state index in [1.807, 2.05) is 66.7 Å². The van der Waals surface area contributed by atoms with Crippen LogP contribution in [0.25, 0.3) is 33.1 Å². The lowest BCUT2D eigenvalue weighted by molar-refractivity contribution is 0.506. The van der Waals surface area contributed by atoms with E-state index in [1.54, 1.807) is 15.2 Å². The van der Waals surface area contributed by atoms with Crippen molar-refractivity contribution < 1.29 is 43.9 Å². The number of hydrogen-bond donors (Lipinski definition) is 3. The number of nitrogen functional groups attached to an aromatic ring is 1. The van der Waals surface area contributed by atoms with Gasteiger partial charge in [0, 0.05) is 22.8 Å². The van der Waals surface area contributed by atoms with Crippen molar-refractivity contribution in [2.24, 2.45) is 0 Å². The second-order valence-electron chi connectivity index (χ2n) is 15.8. The van der Waals surface area contributed by atoms with Crippen LogP contribution in [0.2, 0.25) is 10.6 Å². The molecule has 3 heterocycles. The van der Waals surface area contributed by atoms with Gasteiger partial charge in [-0.3, -0.25) is 0 Å². The highest BCUT2D eigenvalue weighted by molar-refractivity contribution is 9.08. The molecule has 384 valence electrons. The van der Waals surface area contributed by atoms with Crippen LogP contribution in [0.3, 0.4) is 0 Å². The lowest BCUT2D eigenvalue weighted by atomic mass is 10.2. The largest absolute Gasteiger partial charge is 0.399 e. The maximum atomic E-state index is 13.6. The van der Waals surface area contributed by atoms with Crippen LogP contribution < -0.4 is 11.1 Å². The molecular weight excluding hydrogens is 1100 g/mol. The van der Waals surface area contributed by atoms with Crippen LogP contribution in [0.5, 0.6) is 0 Å². The smallest absolute Gasteiger partial charge is 0.208 e. The quantitative estimate of drug-likeness (QED) is 0.0838. The van der Waals surface area contributed by atoms with Crippen molar-refractivity contribution >= 4 is 89.6 Å². The molecule has 0 bridgehead atoms. The number of nitrogens with two attached hydrogens (primary N) is 1. The Balaban J connectivity index is 0.000000148. The molecule has 0 atom stereocenters. The summed E-state index contributed by atoms with van der Waals surface area (Å²) in [6, 6.07) is 40.4. The fourth-order valence-corrected chi connectivity index (χ4v) is 7.71. The molecule has 0 unspecified atom stereocenters. The minimum absolute atomic E-state index is 0.212. The Morgan fingerprint density at radius 3 is 1.41 bits per heavy atom. The van der Waals surface area contributed by atoms with Gasteiger partial charge in [0.05, 0.1) is 46.2 Å². The molecule has 0 fully saturated rings. The highest BCUT2D eigenvalue weighted by Crippen LogP contribution is 2.26. The summed E-state index contributed by atoms with van der Waals surface area (Å²) in [5, 5.41) is 4.27. The molecule has 0 saturated heterocycles. The number of nitrogens with zero attached hydrogens (tertiary/aromatic N) is 5. The van der Waals surface area contributed by atoms with Crippen molar-refractivity contribution in [3.8, 4) is 0 Å². The number of halogens is 13. The summed E-state index contributed by atoms with van der Waals surface area (Å²) >= 11 is 14.8. The molecule has 11 rings (SSSR count). The van der Waals surface area contributed by atoms with Gasteiger partial charge in [0.15, 0.2) is 58.2 Å². The number of fused-ring (bicyclic) bond motifs is 3. The number of imidazole rings is 3. The van der Waals surface area contributed by atoms with E-state index in [4.69, 9.17) is 28.9 Å². The van der Waals surface area contributed by atoms with Crippen molar-refractivity contribution in [3.05, 3.63) is 249 Å². The van der Waals surface area contributed by atoms with Gasteiger partial charge in [0.2, 0.25) is 16.5 Å². The summed E-state index contributed by atoms with van der Waals surface area (Å²) in [4.78, 5) is 15.6. The van der Waals surface area contributed by atoms with Crippen LogP contribution in [-0.4, -0.2) is 29.1 Å². The number of aromatic nitrogens is 6. The molecule has 4 N–H and O–H groups in total. The summed E-state index contributed by atoms with van der Waals surface area (Å²) in [5.41, 5.74) is 12.5. The maximum absolute atomic E-state index is 13.6. The summed E-state index contributed by atoms with van der Waals surface area (Å²) in [6.45, 7) is 0.556. The van der Waals surface area contributed by atoms with Crippen LogP contribution in [0.4, 0.5) is 61.2 Å². The minimum atomic E-state index is -0.983. The summed E-state index contributed by atoms with van der Waals surface area (Å²) in [5.74, 6) is -8.52. The van der Waals surface area contributed by atoms with Crippen molar-refractivity contribution in [2.75, 3.05) is 11.1 Å². The minimum Gasteiger partial charge on any atom is -0.399 e. The van der Waals surface area contributed by atoms with Crippen LogP contribution in [0.15, 0.2) is 164 Å². The number of nitrogens with one attached hydrogen (secondary N) is 2. The van der Waals surface area contributed by atoms with Gasteiger partial charge in [0.1, 0.15) is 0 Å². The monoisotopic (exact) mass is 1140 g/mol. The van der Waals surface area contributed by atoms with Crippen LogP contribution in [0, 0.1) is 58.2 Å². The molecule has 21 heteroatoms. The highest BCUT2D eigenvalue weighted by atomic mass is 79.9. The molecule has 0 amide bonds. The van der Waals surface area contributed by atoms with Crippen molar-refractivity contribution in [1.29, 1.82) is 0 Å². The predicted octanol–water partition coefficient (Wildman–Crippen LogP) is 16.0. The van der Waals surface area contributed by atoms with Crippen molar-refractivity contribution in [3.63, 3.8) is 0 Å². The molecule has 8 nitrogen and oxygen atoms in total. The number of H-pyrrole nitrogens is 1. The molecule has 0 aliphatic rings. The molecule has 0 saturated carbocycles. The molecule has 0 aliphatic carbocycles. The standard InChI is InChI=1S/C20H13F4N3.C14H9ClF2N2.C7H5BrF2.C7H5ClN2.C6H5F2N/c21-14-7-5-12(9-16(14)23)11-27-19-4-2-1-3-18(19)26-20(27)25-13-6-8-15(22)17(24)10-13;15-14-18-12-3-1-2-4-13(12)19(14)8-9-5-6-10(16)11(17)7-9;8-4-5-1-2-6(9)7(10)3-5;8-7-9-5-3-1-2-4-6(5)10-7;7-5-2-1-4(9)3-6(5)8/h1-10H,11H2,(H,25,26);1-7H,8H2;1-3H,4H2;1-4H,(H,9,10);1-3H,9H2. The Bertz CT molecular complexity index is 3710. The molecule has 8 aromatic carbocycles. The number of para-hydroxylation sites is 6. The van der Waals surface area contributed by atoms with Gasteiger partial charge in [0.25, 0.3) is 0 Å². The zero-order valence-electron chi connectivity index (χ0n) is 38.4. The van der Waals surface area contributed by atoms with Gasteiger partial charge in [-0.15, -0.1) is 0 Å². The number of aromatic amines is 1.